The Kier molecular flexibility index (Phi) is 6.62. The van der Waals surface area contributed by atoms with E-state index in [4.69, 9.17) is 9.47 Å². The van der Waals surface area contributed by atoms with E-state index in [1.165, 1.54) is 0 Å². The van der Waals surface area contributed by atoms with E-state index in [0.717, 1.165) is 0 Å². The molecule has 0 bridgehead atoms. The van der Waals surface area contributed by atoms with Gasteiger partial charge in [0.05, 0.1) is 18.5 Å². The van der Waals surface area contributed by atoms with Gasteiger partial charge in [0.25, 0.3) is 5.91 Å². The molecule has 1 aromatic rings. The third-order valence-corrected chi connectivity index (χ3v) is 3.03. The molecule has 0 unspecified atom stereocenters. The molecule has 0 aliphatic carbocycles. The van der Waals surface area contributed by atoms with Crippen LogP contribution in [0.4, 0.5) is 5.69 Å². The SMILES string of the molecule is CCOc1ccc(NC(=O)[C@@](C)(CC(C)C)OCC)cn1. The quantitative estimate of drug-likeness (QED) is 0.799. The van der Waals surface area contributed by atoms with Crippen molar-refractivity contribution in [1.82, 2.24) is 4.98 Å². The first-order valence-corrected chi connectivity index (χ1v) is 7.45. The lowest BCUT2D eigenvalue weighted by molar-refractivity contribution is -0.140. The van der Waals surface area contributed by atoms with Crippen LogP contribution in [0.15, 0.2) is 18.3 Å². The van der Waals surface area contributed by atoms with Crippen LogP contribution in [0.3, 0.4) is 0 Å². The third-order valence-electron chi connectivity index (χ3n) is 3.03. The van der Waals surface area contributed by atoms with Gasteiger partial charge in [-0.15, -0.1) is 0 Å². The predicted molar refractivity (Wildman–Crippen MR) is 83.5 cm³/mol. The first-order chi connectivity index (χ1) is 9.91. The molecule has 0 fully saturated rings. The summed E-state index contributed by atoms with van der Waals surface area (Å²) < 4.78 is 11.0. The Morgan fingerprint density at radius 3 is 2.52 bits per heavy atom. The molecule has 1 heterocycles. The number of amides is 1. The number of nitrogens with one attached hydrogen (secondary N) is 1. The van der Waals surface area contributed by atoms with E-state index in [2.05, 4.69) is 24.1 Å². The Morgan fingerprint density at radius 2 is 2.05 bits per heavy atom. The van der Waals surface area contributed by atoms with Crippen molar-refractivity contribution in [3.8, 4) is 5.88 Å². The van der Waals surface area contributed by atoms with Gasteiger partial charge >= 0.3 is 0 Å². The van der Waals surface area contributed by atoms with Crippen LogP contribution in [0.1, 0.15) is 41.0 Å². The number of ether oxygens (including phenoxy) is 2. The fraction of sp³-hybridized carbons (Fsp3) is 0.625. The van der Waals surface area contributed by atoms with Crippen LogP contribution in [-0.4, -0.2) is 29.7 Å². The average molecular weight is 294 g/mol. The molecule has 1 atom stereocenters. The number of rotatable bonds is 8. The first kappa shape index (κ1) is 17.4. The molecule has 1 aromatic heterocycles. The molecule has 5 heteroatoms. The zero-order valence-corrected chi connectivity index (χ0v) is 13.6. The van der Waals surface area contributed by atoms with Crippen molar-refractivity contribution in [3.63, 3.8) is 0 Å². The fourth-order valence-corrected chi connectivity index (χ4v) is 2.27. The minimum Gasteiger partial charge on any atom is -0.478 e. The Labute approximate surface area is 127 Å². The summed E-state index contributed by atoms with van der Waals surface area (Å²) in [6, 6.07) is 3.51. The lowest BCUT2D eigenvalue weighted by Crippen LogP contribution is -2.44. The van der Waals surface area contributed by atoms with Crippen LogP contribution < -0.4 is 10.1 Å². The number of carbonyl (C=O) groups is 1. The van der Waals surface area contributed by atoms with E-state index in [0.29, 0.717) is 37.1 Å². The predicted octanol–water partition coefficient (Wildman–Crippen LogP) is 3.26. The smallest absolute Gasteiger partial charge is 0.256 e. The molecule has 1 N–H and O–H groups in total. The van der Waals surface area contributed by atoms with Gasteiger partial charge in [-0.2, -0.15) is 0 Å². The van der Waals surface area contributed by atoms with Gasteiger partial charge in [0, 0.05) is 12.7 Å². The number of hydrogen-bond acceptors (Lipinski definition) is 4. The number of hydrogen-bond donors (Lipinski definition) is 1. The maximum absolute atomic E-state index is 12.5. The van der Waals surface area contributed by atoms with Crippen LogP contribution >= 0.6 is 0 Å². The normalized spacial score (nSPS) is 13.8. The van der Waals surface area contributed by atoms with Gasteiger partial charge in [0.1, 0.15) is 5.60 Å². The molecular formula is C16H26N2O3. The maximum atomic E-state index is 12.5. The largest absolute Gasteiger partial charge is 0.478 e. The van der Waals surface area contributed by atoms with Crippen molar-refractivity contribution in [2.24, 2.45) is 5.92 Å². The maximum Gasteiger partial charge on any atom is 0.256 e. The van der Waals surface area contributed by atoms with Crippen molar-refractivity contribution >= 4 is 11.6 Å². The molecule has 118 valence electrons. The van der Waals surface area contributed by atoms with E-state index in [1.54, 1.807) is 18.3 Å². The van der Waals surface area contributed by atoms with Gasteiger partial charge in [0.15, 0.2) is 0 Å². The second-order valence-electron chi connectivity index (χ2n) is 5.53. The monoisotopic (exact) mass is 294 g/mol. The highest BCUT2D eigenvalue weighted by Gasteiger charge is 2.34. The summed E-state index contributed by atoms with van der Waals surface area (Å²) in [5.74, 6) is 0.764. The van der Waals surface area contributed by atoms with E-state index in [-0.39, 0.29) is 5.91 Å². The van der Waals surface area contributed by atoms with E-state index in [1.807, 2.05) is 20.8 Å². The van der Waals surface area contributed by atoms with E-state index in [9.17, 15) is 4.79 Å². The fourth-order valence-electron chi connectivity index (χ4n) is 2.27. The second kappa shape index (κ2) is 7.98. The first-order valence-electron chi connectivity index (χ1n) is 7.45. The lowest BCUT2D eigenvalue weighted by atomic mass is 9.93. The molecule has 0 saturated carbocycles. The zero-order valence-electron chi connectivity index (χ0n) is 13.6. The Hall–Kier alpha value is -1.62. The van der Waals surface area contributed by atoms with E-state index >= 15 is 0 Å². The highest BCUT2D eigenvalue weighted by Crippen LogP contribution is 2.23. The standard InChI is InChI=1S/C16H26N2O3/c1-6-20-14-9-8-13(11-17-14)18-15(19)16(5,21-7-2)10-12(3)4/h8-9,11-12H,6-7,10H2,1-5H3,(H,18,19)/t16-/m1/s1. The van der Waals surface area contributed by atoms with Gasteiger partial charge in [-0.25, -0.2) is 4.98 Å². The van der Waals surface area contributed by atoms with Crippen molar-refractivity contribution < 1.29 is 14.3 Å². The molecule has 5 nitrogen and oxygen atoms in total. The van der Waals surface area contributed by atoms with Crippen molar-refractivity contribution in [3.05, 3.63) is 18.3 Å². The summed E-state index contributed by atoms with van der Waals surface area (Å²) in [6.45, 7) is 10.8. The minimum atomic E-state index is -0.832. The molecule has 0 aromatic carbocycles. The molecule has 0 radical (unpaired) electrons. The lowest BCUT2D eigenvalue weighted by Gasteiger charge is -2.29. The Bertz CT molecular complexity index is 445. The summed E-state index contributed by atoms with van der Waals surface area (Å²) in [4.78, 5) is 16.6. The van der Waals surface area contributed by atoms with Gasteiger partial charge in [-0.05, 0) is 39.2 Å². The average Bonchev–Trinajstić information content (AvgIpc) is 2.40. The Balaban J connectivity index is 2.76. The summed E-state index contributed by atoms with van der Waals surface area (Å²) in [7, 11) is 0. The molecule has 0 spiro atoms. The van der Waals surface area contributed by atoms with E-state index < -0.39 is 5.60 Å². The van der Waals surface area contributed by atoms with Crippen LogP contribution in [0.2, 0.25) is 0 Å². The summed E-state index contributed by atoms with van der Waals surface area (Å²) in [5, 5.41) is 2.86. The van der Waals surface area contributed by atoms with Gasteiger partial charge < -0.3 is 14.8 Å². The molecular weight excluding hydrogens is 268 g/mol. The van der Waals surface area contributed by atoms with Gasteiger partial charge in [-0.1, -0.05) is 13.8 Å². The molecule has 21 heavy (non-hydrogen) atoms. The zero-order chi connectivity index (χ0) is 15.9. The molecule has 0 aliphatic rings. The highest BCUT2D eigenvalue weighted by molar-refractivity contribution is 5.96. The Morgan fingerprint density at radius 1 is 1.33 bits per heavy atom. The molecule has 1 rings (SSSR count). The highest BCUT2D eigenvalue weighted by atomic mass is 16.5. The van der Waals surface area contributed by atoms with Crippen LogP contribution in [0.5, 0.6) is 5.88 Å². The van der Waals surface area contributed by atoms with Crippen molar-refractivity contribution in [2.45, 2.75) is 46.6 Å². The molecule has 0 saturated heterocycles. The van der Waals surface area contributed by atoms with Crippen LogP contribution in [0, 0.1) is 5.92 Å². The van der Waals surface area contributed by atoms with Crippen molar-refractivity contribution in [1.29, 1.82) is 0 Å². The summed E-state index contributed by atoms with van der Waals surface area (Å²) in [5.41, 5.74) is -0.195. The van der Waals surface area contributed by atoms with Crippen LogP contribution in [-0.2, 0) is 9.53 Å². The van der Waals surface area contributed by atoms with Gasteiger partial charge in [-0.3, -0.25) is 4.79 Å². The van der Waals surface area contributed by atoms with Gasteiger partial charge in [0.2, 0.25) is 5.88 Å². The number of pyridine rings is 1. The number of carbonyl (C=O) groups excluding carboxylic acids is 1. The van der Waals surface area contributed by atoms with Crippen molar-refractivity contribution in [2.75, 3.05) is 18.5 Å². The molecule has 0 aliphatic heterocycles. The topological polar surface area (TPSA) is 60.5 Å². The number of anilines is 1. The second-order valence-corrected chi connectivity index (χ2v) is 5.53. The minimum absolute atomic E-state index is 0.149. The summed E-state index contributed by atoms with van der Waals surface area (Å²) >= 11 is 0. The number of aromatic nitrogens is 1. The molecule has 1 amide bonds. The summed E-state index contributed by atoms with van der Waals surface area (Å²) in [6.07, 6.45) is 2.25. The number of nitrogens with zero attached hydrogens (tertiary/aromatic N) is 1. The van der Waals surface area contributed by atoms with Crippen LogP contribution in [0.25, 0.3) is 0 Å². The third kappa shape index (κ3) is 5.34.